The number of carbonyl (C=O) groups excluding carboxylic acids is 1. The zero-order chi connectivity index (χ0) is 24.3. The van der Waals surface area contributed by atoms with E-state index in [1.807, 2.05) is 19.1 Å². The second kappa shape index (κ2) is 8.48. The van der Waals surface area contributed by atoms with Crippen LogP contribution >= 0.6 is 0 Å². The van der Waals surface area contributed by atoms with Crippen LogP contribution in [0.15, 0.2) is 40.8 Å². The molecule has 3 fully saturated rings. The monoisotopic (exact) mass is 486 g/mol. The van der Waals surface area contributed by atoms with E-state index in [-0.39, 0.29) is 33.9 Å². The van der Waals surface area contributed by atoms with Crippen molar-refractivity contribution in [1.82, 2.24) is 0 Å². The van der Waals surface area contributed by atoms with Crippen LogP contribution in [0, 0.1) is 35.5 Å². The average molecular weight is 487 g/mol. The number of benzene rings is 1. The Hall–Kier alpha value is -1.66. The van der Waals surface area contributed by atoms with Crippen LogP contribution in [0.2, 0.25) is 0 Å². The molecule has 4 aliphatic rings. The third kappa shape index (κ3) is 3.95. The van der Waals surface area contributed by atoms with Gasteiger partial charge in [0.15, 0.2) is 0 Å². The van der Waals surface area contributed by atoms with Crippen LogP contribution in [0.4, 0.5) is 0 Å². The highest BCUT2D eigenvalue weighted by atomic mass is 32.2. The minimum absolute atomic E-state index is 0.0125. The zero-order valence-corrected chi connectivity index (χ0v) is 21.7. The Balaban J connectivity index is 1.35. The molecule has 5 nitrogen and oxygen atoms in total. The summed E-state index contributed by atoms with van der Waals surface area (Å²) in [5.74, 6) is 1.46. The van der Waals surface area contributed by atoms with Gasteiger partial charge < -0.3 is 4.74 Å². The van der Waals surface area contributed by atoms with E-state index in [1.165, 1.54) is 12.5 Å². The van der Waals surface area contributed by atoms with Gasteiger partial charge in [0.05, 0.1) is 11.0 Å². The molecule has 7 atom stereocenters. The Morgan fingerprint density at radius 2 is 1.74 bits per heavy atom. The minimum atomic E-state index is -3.78. The third-order valence-corrected chi connectivity index (χ3v) is 11.2. The molecule has 0 radical (unpaired) electrons. The Morgan fingerprint density at radius 3 is 2.44 bits per heavy atom. The van der Waals surface area contributed by atoms with E-state index in [1.54, 1.807) is 12.1 Å². The molecule has 34 heavy (non-hydrogen) atoms. The first kappa shape index (κ1) is 24.1. The SMILES string of the molecule is CC(=O)O[C@H]1CC[C@@]2(C)C(=CC[C@@H]3[C@H]4CC[C@@H](OS(=O)(=O)c5ccc(C)cc5)[C@@]4(C)CC[C@H]32)C1. The van der Waals surface area contributed by atoms with Gasteiger partial charge in [-0.25, -0.2) is 0 Å². The summed E-state index contributed by atoms with van der Waals surface area (Å²) in [4.78, 5) is 11.7. The fraction of sp³-hybridized carbons (Fsp3) is 0.679. The number of hydrogen-bond donors (Lipinski definition) is 0. The van der Waals surface area contributed by atoms with E-state index in [4.69, 9.17) is 8.92 Å². The van der Waals surface area contributed by atoms with Crippen LogP contribution < -0.4 is 0 Å². The molecule has 4 aliphatic carbocycles. The predicted molar refractivity (Wildman–Crippen MR) is 130 cm³/mol. The Bertz CT molecular complexity index is 1090. The van der Waals surface area contributed by atoms with E-state index in [9.17, 15) is 13.2 Å². The van der Waals surface area contributed by atoms with Crippen molar-refractivity contribution in [2.24, 2.45) is 28.6 Å². The van der Waals surface area contributed by atoms with Crippen LogP contribution in [0.1, 0.15) is 77.7 Å². The number of fused-ring (bicyclic) bond motifs is 5. The summed E-state index contributed by atoms with van der Waals surface area (Å²) in [6.45, 7) is 8.15. The molecule has 0 heterocycles. The van der Waals surface area contributed by atoms with Gasteiger partial charge >= 0.3 is 5.97 Å². The van der Waals surface area contributed by atoms with Gasteiger partial charge in [-0.15, -0.1) is 0 Å². The van der Waals surface area contributed by atoms with Crippen LogP contribution in [0.3, 0.4) is 0 Å². The molecule has 0 aliphatic heterocycles. The number of esters is 1. The molecule has 1 aromatic rings. The van der Waals surface area contributed by atoms with Crippen molar-refractivity contribution < 1.29 is 22.1 Å². The lowest BCUT2D eigenvalue weighted by atomic mass is 9.48. The van der Waals surface area contributed by atoms with Gasteiger partial charge in [-0.3, -0.25) is 8.98 Å². The molecule has 1 aromatic carbocycles. The number of carbonyl (C=O) groups is 1. The molecule has 0 aromatic heterocycles. The van der Waals surface area contributed by atoms with Gasteiger partial charge in [0, 0.05) is 13.3 Å². The highest BCUT2D eigenvalue weighted by Gasteiger charge is 2.59. The summed E-state index contributed by atoms with van der Waals surface area (Å²) in [5.41, 5.74) is 2.55. The van der Waals surface area contributed by atoms with Gasteiger partial charge in [0.2, 0.25) is 0 Å². The van der Waals surface area contributed by atoms with E-state index in [0.717, 1.165) is 56.9 Å². The standard InChI is InChI=1S/C28H38O5S/c1-18-5-8-22(9-6-18)34(30,31)33-26-12-11-24-23-10-7-20-17-21(32-19(2)29)13-15-27(20,3)25(23)14-16-28(24,26)4/h5-9,21,23-26H,10-17H2,1-4H3/t21-,23+,24+,25+,26+,27-,28-/m0/s1. The third-order valence-electron chi connectivity index (χ3n) is 9.86. The average Bonchev–Trinajstić information content (AvgIpc) is 3.09. The molecule has 186 valence electrons. The second-order valence-electron chi connectivity index (χ2n) is 11.7. The predicted octanol–water partition coefficient (Wildman–Crippen LogP) is 5.96. The number of allylic oxidation sites excluding steroid dienone is 1. The normalized spacial score (nSPS) is 39.4. The van der Waals surface area contributed by atoms with Crippen molar-refractivity contribution in [2.45, 2.75) is 96.2 Å². The Labute approximate surface area is 204 Å². The second-order valence-corrected chi connectivity index (χ2v) is 13.3. The van der Waals surface area contributed by atoms with Gasteiger partial charge in [0.25, 0.3) is 10.1 Å². The molecule has 0 bridgehead atoms. The number of ether oxygens (including phenoxy) is 1. The Morgan fingerprint density at radius 1 is 1.00 bits per heavy atom. The van der Waals surface area contributed by atoms with Gasteiger partial charge in [-0.1, -0.05) is 43.2 Å². The largest absolute Gasteiger partial charge is 0.462 e. The maximum absolute atomic E-state index is 13.1. The van der Waals surface area contributed by atoms with Gasteiger partial charge in [-0.2, -0.15) is 8.42 Å². The Kier molecular flexibility index (Phi) is 6.00. The van der Waals surface area contributed by atoms with Crippen molar-refractivity contribution in [3.63, 3.8) is 0 Å². The summed E-state index contributed by atoms with van der Waals surface area (Å²) in [7, 11) is -3.78. The van der Waals surface area contributed by atoms with Crippen LogP contribution in [-0.2, 0) is 23.8 Å². The molecule has 0 unspecified atom stereocenters. The lowest BCUT2D eigenvalue weighted by Gasteiger charge is -2.57. The highest BCUT2D eigenvalue weighted by molar-refractivity contribution is 7.86. The fourth-order valence-corrected chi connectivity index (χ4v) is 9.19. The molecule has 5 rings (SSSR count). The number of aryl methyl sites for hydroxylation is 1. The molecular weight excluding hydrogens is 448 g/mol. The zero-order valence-electron chi connectivity index (χ0n) is 20.9. The quantitative estimate of drug-likeness (QED) is 0.298. The first-order valence-electron chi connectivity index (χ1n) is 12.9. The van der Waals surface area contributed by atoms with E-state index >= 15 is 0 Å². The number of rotatable bonds is 4. The lowest BCUT2D eigenvalue weighted by molar-refractivity contribution is -0.148. The topological polar surface area (TPSA) is 69.7 Å². The molecule has 3 saturated carbocycles. The van der Waals surface area contributed by atoms with E-state index in [0.29, 0.717) is 17.8 Å². The molecular formula is C28H38O5S. The van der Waals surface area contributed by atoms with Gasteiger partial charge in [-0.05, 0) is 92.6 Å². The molecule has 0 amide bonds. The summed E-state index contributed by atoms with van der Waals surface area (Å²) in [6, 6.07) is 6.94. The van der Waals surface area contributed by atoms with Crippen molar-refractivity contribution in [3.8, 4) is 0 Å². The van der Waals surface area contributed by atoms with E-state index in [2.05, 4.69) is 19.9 Å². The first-order valence-corrected chi connectivity index (χ1v) is 14.3. The summed E-state index contributed by atoms with van der Waals surface area (Å²) in [5, 5.41) is 0. The van der Waals surface area contributed by atoms with Crippen molar-refractivity contribution >= 4 is 16.1 Å². The van der Waals surface area contributed by atoms with Crippen molar-refractivity contribution in [2.75, 3.05) is 0 Å². The summed E-state index contributed by atoms with van der Waals surface area (Å²) < 4.78 is 37.7. The maximum atomic E-state index is 13.1. The van der Waals surface area contributed by atoms with Crippen LogP contribution in [0.5, 0.6) is 0 Å². The lowest BCUT2D eigenvalue weighted by Crippen LogP contribution is -2.51. The highest BCUT2D eigenvalue weighted by Crippen LogP contribution is 2.65. The van der Waals surface area contributed by atoms with E-state index < -0.39 is 10.1 Å². The first-order chi connectivity index (χ1) is 16.0. The molecule has 0 spiro atoms. The summed E-state index contributed by atoms with van der Waals surface area (Å²) >= 11 is 0. The van der Waals surface area contributed by atoms with Crippen molar-refractivity contribution in [3.05, 3.63) is 41.5 Å². The summed E-state index contributed by atoms with van der Waals surface area (Å²) in [6.07, 6.45) is 10.0. The minimum Gasteiger partial charge on any atom is -0.462 e. The van der Waals surface area contributed by atoms with Crippen LogP contribution in [0.25, 0.3) is 0 Å². The maximum Gasteiger partial charge on any atom is 0.302 e. The van der Waals surface area contributed by atoms with Gasteiger partial charge in [0.1, 0.15) is 6.10 Å². The molecule has 0 saturated heterocycles. The van der Waals surface area contributed by atoms with Crippen LogP contribution in [-0.4, -0.2) is 26.6 Å². The molecule has 0 N–H and O–H groups in total. The number of hydrogen-bond acceptors (Lipinski definition) is 5. The smallest absolute Gasteiger partial charge is 0.302 e. The molecule has 6 heteroatoms. The fourth-order valence-electron chi connectivity index (χ4n) is 7.99. The van der Waals surface area contributed by atoms with Crippen molar-refractivity contribution in [1.29, 1.82) is 0 Å².